The minimum atomic E-state index is -0.381. The Kier molecular flexibility index (Phi) is 4.46. The summed E-state index contributed by atoms with van der Waals surface area (Å²) in [6, 6.07) is 4.36. The second-order valence-electron chi connectivity index (χ2n) is 5.24. The van der Waals surface area contributed by atoms with Crippen molar-refractivity contribution in [1.29, 1.82) is 0 Å². The normalized spacial score (nSPS) is 23.2. The Labute approximate surface area is 118 Å². The van der Waals surface area contributed by atoms with Gasteiger partial charge >= 0.3 is 0 Å². The van der Waals surface area contributed by atoms with Crippen LogP contribution in [0.5, 0.6) is 0 Å². The summed E-state index contributed by atoms with van der Waals surface area (Å²) in [5.74, 6) is -0.525. The summed E-state index contributed by atoms with van der Waals surface area (Å²) >= 11 is 6.31. The van der Waals surface area contributed by atoms with Gasteiger partial charge in [0.05, 0.1) is 5.38 Å². The molecule has 2 unspecified atom stereocenters. The first-order valence-corrected chi connectivity index (χ1v) is 7.11. The van der Waals surface area contributed by atoms with E-state index in [1.807, 2.05) is 6.92 Å². The first kappa shape index (κ1) is 14.3. The van der Waals surface area contributed by atoms with Gasteiger partial charge in [0.25, 0.3) is 5.91 Å². The second kappa shape index (κ2) is 5.91. The van der Waals surface area contributed by atoms with Gasteiger partial charge in [-0.2, -0.15) is 0 Å². The van der Waals surface area contributed by atoms with E-state index < -0.39 is 0 Å². The van der Waals surface area contributed by atoms with E-state index in [-0.39, 0.29) is 23.1 Å². The Morgan fingerprint density at radius 1 is 1.37 bits per heavy atom. The molecule has 0 N–H and O–H groups in total. The number of carbonyl (C=O) groups excluding carboxylic acids is 1. The molecule has 0 aliphatic heterocycles. The van der Waals surface area contributed by atoms with E-state index in [1.165, 1.54) is 12.1 Å². The van der Waals surface area contributed by atoms with Gasteiger partial charge in [-0.3, -0.25) is 4.79 Å². The average molecular weight is 284 g/mol. The van der Waals surface area contributed by atoms with Crippen LogP contribution in [-0.2, 0) is 0 Å². The highest BCUT2D eigenvalue weighted by molar-refractivity contribution is 6.21. The SMILES string of the molecule is Cc1ccc(F)cc1C(=O)N(C)C1CCCCC1Cl. The number of hydrogen-bond acceptors (Lipinski definition) is 1. The zero-order valence-electron chi connectivity index (χ0n) is 11.3. The summed E-state index contributed by atoms with van der Waals surface area (Å²) in [5, 5.41) is -0.00318. The van der Waals surface area contributed by atoms with E-state index in [1.54, 1.807) is 18.0 Å². The van der Waals surface area contributed by atoms with Crippen molar-refractivity contribution >= 4 is 17.5 Å². The Hall–Kier alpha value is -1.09. The molecule has 1 fully saturated rings. The molecule has 2 rings (SSSR count). The summed E-state index contributed by atoms with van der Waals surface area (Å²) in [4.78, 5) is 14.1. The van der Waals surface area contributed by atoms with E-state index in [4.69, 9.17) is 11.6 Å². The predicted octanol–water partition coefficient (Wildman–Crippen LogP) is 3.76. The molecule has 1 aromatic rings. The number of halogens is 2. The van der Waals surface area contributed by atoms with Gasteiger partial charge in [0.2, 0.25) is 0 Å². The van der Waals surface area contributed by atoms with Crippen LogP contribution in [0.25, 0.3) is 0 Å². The monoisotopic (exact) mass is 283 g/mol. The fourth-order valence-electron chi connectivity index (χ4n) is 2.67. The van der Waals surface area contributed by atoms with Crippen molar-refractivity contribution in [3.8, 4) is 0 Å². The van der Waals surface area contributed by atoms with Crippen LogP contribution in [0.2, 0.25) is 0 Å². The molecule has 1 aromatic carbocycles. The molecule has 2 nitrogen and oxygen atoms in total. The molecule has 1 amide bonds. The molecule has 2 atom stereocenters. The number of aryl methyl sites for hydroxylation is 1. The molecule has 4 heteroatoms. The zero-order chi connectivity index (χ0) is 14.0. The molecular formula is C15H19ClFNO. The molecule has 0 bridgehead atoms. The fraction of sp³-hybridized carbons (Fsp3) is 0.533. The lowest BCUT2D eigenvalue weighted by Crippen LogP contribution is -2.44. The van der Waals surface area contributed by atoms with E-state index in [0.29, 0.717) is 5.56 Å². The maximum atomic E-state index is 13.3. The third kappa shape index (κ3) is 3.08. The predicted molar refractivity (Wildman–Crippen MR) is 75.1 cm³/mol. The van der Waals surface area contributed by atoms with Crippen molar-refractivity contribution in [3.63, 3.8) is 0 Å². The molecule has 1 aliphatic rings. The summed E-state index contributed by atoms with van der Waals surface area (Å²) < 4.78 is 13.3. The van der Waals surface area contributed by atoms with Gasteiger partial charge in [-0.05, 0) is 37.5 Å². The van der Waals surface area contributed by atoms with Crippen molar-refractivity contribution < 1.29 is 9.18 Å². The number of amides is 1. The van der Waals surface area contributed by atoms with E-state index in [0.717, 1.165) is 31.2 Å². The third-order valence-electron chi connectivity index (χ3n) is 3.90. The first-order chi connectivity index (χ1) is 9.00. The Morgan fingerprint density at radius 2 is 2.05 bits per heavy atom. The third-order valence-corrected chi connectivity index (χ3v) is 4.40. The minimum absolute atomic E-state index is 0.00318. The average Bonchev–Trinajstić information content (AvgIpc) is 2.40. The maximum absolute atomic E-state index is 13.3. The van der Waals surface area contributed by atoms with Gasteiger partial charge in [0, 0.05) is 18.7 Å². The molecular weight excluding hydrogens is 265 g/mol. The summed E-state index contributed by atoms with van der Waals surface area (Å²) in [7, 11) is 1.76. The fourth-order valence-corrected chi connectivity index (χ4v) is 3.12. The second-order valence-corrected chi connectivity index (χ2v) is 5.80. The van der Waals surface area contributed by atoms with Crippen molar-refractivity contribution in [3.05, 3.63) is 35.1 Å². The number of nitrogens with zero attached hydrogens (tertiary/aromatic N) is 1. The van der Waals surface area contributed by atoms with Gasteiger partial charge in [0.1, 0.15) is 5.82 Å². The largest absolute Gasteiger partial charge is 0.337 e. The molecule has 0 saturated heterocycles. The Morgan fingerprint density at radius 3 is 2.74 bits per heavy atom. The first-order valence-electron chi connectivity index (χ1n) is 6.68. The topological polar surface area (TPSA) is 20.3 Å². The van der Waals surface area contributed by atoms with E-state index in [2.05, 4.69) is 0 Å². The van der Waals surface area contributed by atoms with Crippen LogP contribution in [0.4, 0.5) is 4.39 Å². The highest BCUT2D eigenvalue weighted by atomic mass is 35.5. The van der Waals surface area contributed by atoms with Crippen LogP contribution in [0.15, 0.2) is 18.2 Å². The summed E-state index contributed by atoms with van der Waals surface area (Å²) in [6.07, 6.45) is 4.07. The van der Waals surface area contributed by atoms with Gasteiger partial charge in [-0.15, -0.1) is 11.6 Å². The molecule has 0 radical (unpaired) electrons. The van der Waals surface area contributed by atoms with Gasteiger partial charge in [0.15, 0.2) is 0 Å². The highest BCUT2D eigenvalue weighted by Gasteiger charge is 2.30. The Bertz CT molecular complexity index is 477. The molecule has 0 heterocycles. The van der Waals surface area contributed by atoms with Crippen LogP contribution in [0, 0.1) is 12.7 Å². The lowest BCUT2D eigenvalue weighted by Gasteiger charge is -2.35. The number of benzene rings is 1. The lowest BCUT2D eigenvalue weighted by atomic mass is 9.93. The lowest BCUT2D eigenvalue weighted by molar-refractivity contribution is 0.0699. The molecule has 104 valence electrons. The van der Waals surface area contributed by atoms with Crippen molar-refractivity contribution in [2.75, 3.05) is 7.05 Å². The quantitative estimate of drug-likeness (QED) is 0.757. The van der Waals surface area contributed by atoms with Gasteiger partial charge in [-0.25, -0.2) is 4.39 Å². The zero-order valence-corrected chi connectivity index (χ0v) is 12.1. The van der Waals surface area contributed by atoms with Gasteiger partial charge < -0.3 is 4.90 Å². The van der Waals surface area contributed by atoms with Crippen LogP contribution < -0.4 is 0 Å². The van der Waals surface area contributed by atoms with Crippen LogP contribution in [-0.4, -0.2) is 29.3 Å². The smallest absolute Gasteiger partial charge is 0.254 e. The number of carbonyl (C=O) groups is 1. The number of rotatable bonds is 2. The van der Waals surface area contributed by atoms with Crippen LogP contribution in [0.3, 0.4) is 0 Å². The van der Waals surface area contributed by atoms with Crippen molar-refractivity contribution in [1.82, 2.24) is 4.90 Å². The molecule has 0 spiro atoms. The van der Waals surface area contributed by atoms with Crippen molar-refractivity contribution in [2.24, 2.45) is 0 Å². The van der Waals surface area contributed by atoms with Crippen molar-refractivity contribution in [2.45, 2.75) is 44.0 Å². The van der Waals surface area contributed by atoms with Crippen LogP contribution >= 0.6 is 11.6 Å². The standard InChI is InChI=1S/C15H19ClFNO/c1-10-7-8-11(17)9-12(10)15(19)18(2)14-6-4-3-5-13(14)16/h7-9,13-14H,3-6H2,1-2H3. The highest BCUT2D eigenvalue weighted by Crippen LogP contribution is 2.27. The summed E-state index contributed by atoms with van der Waals surface area (Å²) in [6.45, 7) is 1.82. The molecule has 1 aliphatic carbocycles. The Balaban J connectivity index is 2.20. The van der Waals surface area contributed by atoms with Gasteiger partial charge in [-0.1, -0.05) is 18.9 Å². The summed E-state index contributed by atoms with van der Waals surface area (Å²) in [5.41, 5.74) is 1.22. The molecule has 19 heavy (non-hydrogen) atoms. The minimum Gasteiger partial charge on any atom is -0.337 e. The number of hydrogen-bond donors (Lipinski definition) is 0. The van der Waals surface area contributed by atoms with Crippen LogP contribution in [0.1, 0.15) is 41.6 Å². The van der Waals surface area contributed by atoms with E-state index in [9.17, 15) is 9.18 Å². The molecule has 1 saturated carbocycles. The maximum Gasteiger partial charge on any atom is 0.254 e. The molecule has 0 aromatic heterocycles. The van der Waals surface area contributed by atoms with E-state index >= 15 is 0 Å². The number of alkyl halides is 1.